The van der Waals surface area contributed by atoms with Gasteiger partial charge in [0.1, 0.15) is 0 Å². The molecule has 2 heterocycles. The quantitative estimate of drug-likeness (QED) is 0.596. The second-order valence-corrected chi connectivity index (χ2v) is 9.40. The van der Waals surface area contributed by atoms with Crippen LogP contribution in [0.4, 0.5) is 10.5 Å². The van der Waals surface area contributed by atoms with Crippen molar-refractivity contribution >= 4 is 17.6 Å². The molecule has 0 aromatic heterocycles. The highest BCUT2D eigenvalue weighted by Gasteiger charge is 2.38. The van der Waals surface area contributed by atoms with E-state index in [-0.39, 0.29) is 18.0 Å². The van der Waals surface area contributed by atoms with Crippen LogP contribution in [0.2, 0.25) is 0 Å². The van der Waals surface area contributed by atoms with Crippen molar-refractivity contribution in [2.24, 2.45) is 0 Å². The van der Waals surface area contributed by atoms with Crippen molar-refractivity contribution in [2.45, 2.75) is 51.1 Å². The SMILES string of the molecule is CCCN1CCC(N(C(=O)Nc2ccccc2C(=O)NCCN2CCOCC2)C2CC2)CC1. The van der Waals surface area contributed by atoms with Gasteiger partial charge in [0.25, 0.3) is 5.91 Å². The van der Waals surface area contributed by atoms with E-state index in [0.29, 0.717) is 23.8 Å². The van der Waals surface area contributed by atoms with Crippen LogP contribution in [0.15, 0.2) is 24.3 Å². The van der Waals surface area contributed by atoms with Crippen molar-refractivity contribution < 1.29 is 14.3 Å². The van der Waals surface area contributed by atoms with Crippen LogP contribution in [0.3, 0.4) is 0 Å². The summed E-state index contributed by atoms with van der Waals surface area (Å²) in [4.78, 5) is 33.1. The second-order valence-electron chi connectivity index (χ2n) is 9.40. The lowest BCUT2D eigenvalue weighted by atomic mass is 10.0. The summed E-state index contributed by atoms with van der Waals surface area (Å²) in [7, 11) is 0. The molecule has 3 aliphatic rings. The Balaban J connectivity index is 1.33. The van der Waals surface area contributed by atoms with Gasteiger partial charge in [0, 0.05) is 51.4 Å². The monoisotopic (exact) mass is 457 g/mol. The third-order valence-electron chi connectivity index (χ3n) is 6.90. The lowest BCUT2D eigenvalue weighted by Crippen LogP contribution is -2.50. The number of likely N-dealkylation sites (tertiary alicyclic amines) is 1. The first-order valence-corrected chi connectivity index (χ1v) is 12.6. The number of urea groups is 1. The van der Waals surface area contributed by atoms with Gasteiger partial charge in [-0.3, -0.25) is 9.69 Å². The highest BCUT2D eigenvalue weighted by atomic mass is 16.5. The second kappa shape index (κ2) is 11.8. The zero-order valence-corrected chi connectivity index (χ0v) is 19.9. The Kier molecular flexibility index (Phi) is 8.58. The van der Waals surface area contributed by atoms with Gasteiger partial charge in [-0.15, -0.1) is 0 Å². The minimum absolute atomic E-state index is 0.0694. The van der Waals surface area contributed by atoms with Gasteiger partial charge in [-0.1, -0.05) is 19.1 Å². The van der Waals surface area contributed by atoms with E-state index in [4.69, 9.17) is 4.74 Å². The highest BCUT2D eigenvalue weighted by Crippen LogP contribution is 2.33. The molecule has 1 aromatic carbocycles. The van der Waals surface area contributed by atoms with E-state index < -0.39 is 0 Å². The summed E-state index contributed by atoms with van der Waals surface area (Å²) < 4.78 is 5.37. The van der Waals surface area contributed by atoms with Gasteiger partial charge in [0.2, 0.25) is 0 Å². The highest BCUT2D eigenvalue weighted by molar-refractivity contribution is 6.03. The number of carbonyl (C=O) groups excluding carboxylic acids is 2. The molecule has 1 saturated carbocycles. The van der Waals surface area contributed by atoms with Crippen molar-refractivity contribution in [2.75, 3.05) is 64.3 Å². The number of morpholine rings is 1. The third-order valence-corrected chi connectivity index (χ3v) is 6.90. The molecule has 3 fully saturated rings. The molecule has 182 valence electrons. The van der Waals surface area contributed by atoms with Crippen LogP contribution < -0.4 is 10.6 Å². The molecule has 0 atom stereocenters. The summed E-state index contributed by atoms with van der Waals surface area (Å²) in [6.07, 6.45) is 5.36. The first-order chi connectivity index (χ1) is 16.2. The largest absolute Gasteiger partial charge is 0.379 e. The number of piperidine rings is 1. The standard InChI is InChI=1S/C25H39N5O3/c1-2-12-28-13-9-21(10-14-28)30(20-7-8-20)25(32)27-23-6-4-3-5-22(23)24(31)26-11-15-29-16-18-33-19-17-29/h3-6,20-21H,2,7-19H2,1H3,(H,26,31)(H,27,32). The average Bonchev–Trinajstić information content (AvgIpc) is 3.67. The van der Waals surface area contributed by atoms with E-state index in [1.54, 1.807) is 6.07 Å². The number of amides is 3. The molecule has 4 rings (SSSR count). The van der Waals surface area contributed by atoms with Gasteiger partial charge < -0.3 is 25.2 Å². The minimum atomic E-state index is -0.148. The first kappa shape index (κ1) is 24.0. The Morgan fingerprint density at radius 2 is 1.64 bits per heavy atom. The summed E-state index contributed by atoms with van der Waals surface area (Å²) in [5.41, 5.74) is 1.10. The fourth-order valence-electron chi connectivity index (χ4n) is 4.94. The fourth-order valence-corrected chi connectivity index (χ4v) is 4.94. The Morgan fingerprint density at radius 1 is 0.970 bits per heavy atom. The van der Waals surface area contributed by atoms with Crippen molar-refractivity contribution in [3.05, 3.63) is 29.8 Å². The lowest BCUT2D eigenvalue weighted by Gasteiger charge is -2.38. The molecule has 0 radical (unpaired) electrons. The lowest BCUT2D eigenvalue weighted by molar-refractivity contribution is 0.0383. The maximum atomic E-state index is 13.3. The summed E-state index contributed by atoms with van der Waals surface area (Å²) in [5, 5.41) is 6.08. The molecule has 1 aromatic rings. The van der Waals surface area contributed by atoms with Gasteiger partial charge in [-0.05, 0) is 50.8 Å². The Morgan fingerprint density at radius 3 is 2.33 bits per heavy atom. The summed E-state index contributed by atoms with van der Waals surface area (Å²) in [6.45, 7) is 10.1. The minimum Gasteiger partial charge on any atom is -0.379 e. The topological polar surface area (TPSA) is 77.1 Å². The fraction of sp³-hybridized carbons (Fsp3) is 0.680. The molecule has 8 heteroatoms. The number of benzene rings is 1. The van der Waals surface area contributed by atoms with E-state index in [1.165, 1.54) is 6.42 Å². The van der Waals surface area contributed by atoms with Crippen LogP contribution in [-0.2, 0) is 4.74 Å². The zero-order chi connectivity index (χ0) is 23.0. The maximum Gasteiger partial charge on any atom is 0.322 e. The molecule has 0 unspecified atom stereocenters. The van der Waals surface area contributed by atoms with Gasteiger partial charge in [-0.2, -0.15) is 0 Å². The van der Waals surface area contributed by atoms with Crippen LogP contribution in [0.25, 0.3) is 0 Å². The normalized spacial score (nSPS) is 20.4. The molecule has 0 bridgehead atoms. The van der Waals surface area contributed by atoms with E-state index in [1.807, 2.05) is 18.2 Å². The number of anilines is 1. The molecule has 2 aliphatic heterocycles. The van der Waals surface area contributed by atoms with Crippen LogP contribution in [0, 0.1) is 0 Å². The molecule has 8 nitrogen and oxygen atoms in total. The molecule has 33 heavy (non-hydrogen) atoms. The summed E-state index contributed by atoms with van der Waals surface area (Å²) >= 11 is 0. The van der Waals surface area contributed by atoms with Crippen LogP contribution >= 0.6 is 0 Å². The predicted octanol–water partition coefficient (Wildman–Crippen LogP) is 2.62. The van der Waals surface area contributed by atoms with Crippen molar-refractivity contribution in [1.29, 1.82) is 0 Å². The van der Waals surface area contributed by atoms with Gasteiger partial charge >= 0.3 is 6.03 Å². The number of ether oxygens (including phenoxy) is 1. The number of nitrogens with one attached hydrogen (secondary N) is 2. The molecule has 2 N–H and O–H groups in total. The van der Waals surface area contributed by atoms with Crippen molar-refractivity contribution in [1.82, 2.24) is 20.0 Å². The van der Waals surface area contributed by atoms with Crippen molar-refractivity contribution in [3.8, 4) is 0 Å². The number of rotatable bonds is 9. The van der Waals surface area contributed by atoms with Crippen molar-refractivity contribution in [3.63, 3.8) is 0 Å². The number of para-hydroxylation sites is 1. The number of hydrogen-bond donors (Lipinski definition) is 2. The number of hydrogen-bond acceptors (Lipinski definition) is 5. The molecule has 0 spiro atoms. The smallest absolute Gasteiger partial charge is 0.322 e. The Bertz CT molecular complexity index is 786. The van der Waals surface area contributed by atoms with Gasteiger partial charge in [-0.25, -0.2) is 4.79 Å². The molecule has 2 saturated heterocycles. The third kappa shape index (κ3) is 6.68. The van der Waals surface area contributed by atoms with E-state index in [0.717, 1.165) is 78.2 Å². The Labute approximate surface area is 197 Å². The summed E-state index contributed by atoms with van der Waals surface area (Å²) in [6, 6.07) is 7.86. The average molecular weight is 458 g/mol. The van der Waals surface area contributed by atoms with Crippen LogP contribution in [-0.4, -0.2) is 97.7 Å². The Hall–Kier alpha value is -2.16. The van der Waals surface area contributed by atoms with E-state index in [9.17, 15) is 9.59 Å². The van der Waals surface area contributed by atoms with Gasteiger partial charge in [0.15, 0.2) is 0 Å². The zero-order valence-electron chi connectivity index (χ0n) is 19.9. The molecule has 3 amide bonds. The molecule has 1 aliphatic carbocycles. The first-order valence-electron chi connectivity index (χ1n) is 12.6. The predicted molar refractivity (Wildman–Crippen MR) is 130 cm³/mol. The van der Waals surface area contributed by atoms with E-state index in [2.05, 4.69) is 32.3 Å². The van der Waals surface area contributed by atoms with Crippen LogP contribution in [0.1, 0.15) is 49.4 Å². The van der Waals surface area contributed by atoms with Gasteiger partial charge in [0.05, 0.1) is 24.5 Å². The maximum absolute atomic E-state index is 13.3. The van der Waals surface area contributed by atoms with E-state index >= 15 is 0 Å². The van der Waals surface area contributed by atoms with Crippen LogP contribution in [0.5, 0.6) is 0 Å². The molecular weight excluding hydrogens is 418 g/mol. The number of carbonyl (C=O) groups is 2. The number of nitrogens with zero attached hydrogens (tertiary/aromatic N) is 3. The molecular formula is C25H39N5O3. The summed E-state index contributed by atoms with van der Waals surface area (Å²) in [5.74, 6) is -0.148.